The highest BCUT2D eigenvalue weighted by molar-refractivity contribution is 4.42. The summed E-state index contributed by atoms with van der Waals surface area (Å²) in [4.78, 5) is 0. The molecule has 0 aliphatic heterocycles. The summed E-state index contributed by atoms with van der Waals surface area (Å²) in [6, 6.07) is 0. The zero-order valence-corrected chi connectivity index (χ0v) is 3.27. The van der Waals surface area contributed by atoms with Crippen LogP contribution >= 0.6 is 0 Å². The van der Waals surface area contributed by atoms with E-state index in [0.717, 1.165) is 0 Å². The van der Waals surface area contributed by atoms with Crippen LogP contribution in [0.1, 0.15) is 0 Å². The zero-order chi connectivity index (χ0) is 4.28. The summed E-state index contributed by atoms with van der Waals surface area (Å²) in [5.41, 5.74) is 4.96. The molecular formula is C3H8NO. The van der Waals surface area contributed by atoms with Crippen LogP contribution in [0.4, 0.5) is 0 Å². The van der Waals surface area contributed by atoms with Gasteiger partial charge in [0.15, 0.2) is 0 Å². The van der Waals surface area contributed by atoms with E-state index in [-0.39, 0.29) is 6.23 Å². The predicted octanol–water partition coefficient (Wildman–Crippen LogP) is -0.248. The van der Waals surface area contributed by atoms with Crippen LogP contribution in [0.25, 0.3) is 0 Å². The lowest BCUT2D eigenvalue weighted by Crippen LogP contribution is -2.16. The first-order chi connectivity index (χ1) is 2.27. The minimum absolute atomic E-state index is 0.366. The molecule has 0 aromatic carbocycles. The van der Waals surface area contributed by atoms with Crippen LogP contribution in [0.3, 0.4) is 0 Å². The first-order valence-electron chi connectivity index (χ1n) is 1.39. The Labute approximate surface area is 31.9 Å². The van der Waals surface area contributed by atoms with Crippen molar-refractivity contribution < 1.29 is 4.74 Å². The van der Waals surface area contributed by atoms with Crippen LogP contribution in [-0.2, 0) is 4.74 Å². The number of hydrogen-bond donors (Lipinski definition) is 1. The van der Waals surface area contributed by atoms with E-state index < -0.39 is 0 Å². The molecule has 0 saturated carbocycles. The average Bonchev–Trinajstić information content (AvgIpc) is 1.38. The molecule has 0 fully saturated rings. The van der Waals surface area contributed by atoms with Gasteiger partial charge >= 0.3 is 0 Å². The smallest absolute Gasteiger partial charge is 0.105 e. The van der Waals surface area contributed by atoms with Crippen molar-refractivity contribution in [1.29, 1.82) is 0 Å². The van der Waals surface area contributed by atoms with Gasteiger partial charge in [-0.3, -0.25) is 0 Å². The molecule has 0 amide bonds. The van der Waals surface area contributed by atoms with E-state index in [9.17, 15) is 0 Å². The fourth-order valence-corrected chi connectivity index (χ4v) is 0. The van der Waals surface area contributed by atoms with Gasteiger partial charge in [-0.05, 0) is 6.92 Å². The maximum absolute atomic E-state index is 4.96. The Morgan fingerprint density at radius 2 is 2.20 bits per heavy atom. The van der Waals surface area contributed by atoms with Crippen molar-refractivity contribution in [3.05, 3.63) is 6.92 Å². The lowest BCUT2D eigenvalue weighted by Gasteiger charge is -1.95. The Kier molecular flexibility index (Phi) is 2.14. The van der Waals surface area contributed by atoms with Gasteiger partial charge in [-0.1, -0.05) is 0 Å². The summed E-state index contributed by atoms with van der Waals surface area (Å²) in [5.74, 6) is 0. The molecule has 2 heteroatoms. The van der Waals surface area contributed by atoms with Crippen molar-refractivity contribution in [2.24, 2.45) is 5.73 Å². The minimum atomic E-state index is -0.366. The number of methoxy groups -OCH3 is 1. The van der Waals surface area contributed by atoms with Gasteiger partial charge in [-0.25, -0.2) is 0 Å². The van der Waals surface area contributed by atoms with E-state index in [1.807, 2.05) is 0 Å². The lowest BCUT2D eigenvalue weighted by molar-refractivity contribution is 0.145. The number of nitrogens with two attached hydrogens (primary N) is 1. The Bertz CT molecular complexity index is 20.9. The van der Waals surface area contributed by atoms with E-state index in [2.05, 4.69) is 11.7 Å². The van der Waals surface area contributed by atoms with Crippen LogP contribution in [0.15, 0.2) is 0 Å². The summed E-state index contributed by atoms with van der Waals surface area (Å²) in [6.07, 6.45) is -0.366. The molecule has 0 aromatic rings. The Morgan fingerprint density at radius 1 is 2.00 bits per heavy atom. The molecule has 0 aliphatic carbocycles. The summed E-state index contributed by atoms with van der Waals surface area (Å²) in [5, 5.41) is 0. The quantitative estimate of drug-likeness (QED) is 0.435. The van der Waals surface area contributed by atoms with Crippen LogP contribution < -0.4 is 5.73 Å². The molecule has 0 bridgehead atoms. The molecule has 1 radical (unpaired) electrons. The molecule has 5 heavy (non-hydrogen) atoms. The van der Waals surface area contributed by atoms with Gasteiger partial charge in [0.25, 0.3) is 0 Å². The molecule has 0 aliphatic rings. The van der Waals surface area contributed by atoms with E-state index in [1.54, 1.807) is 0 Å². The lowest BCUT2D eigenvalue weighted by atomic mass is 10.7. The van der Waals surface area contributed by atoms with Gasteiger partial charge in [0.05, 0.1) is 0 Å². The largest absolute Gasteiger partial charge is 0.367 e. The van der Waals surface area contributed by atoms with Crippen molar-refractivity contribution in [3.63, 3.8) is 0 Å². The second-order valence-corrected chi connectivity index (χ2v) is 0.774. The number of ether oxygens (including phenoxy) is 1. The standard InChI is InChI=1S/C3H8NO/c1-3(4)5-2/h3H,1,4H2,2H3. The average molecular weight is 74.1 g/mol. The second-order valence-electron chi connectivity index (χ2n) is 0.774. The highest BCUT2D eigenvalue weighted by Crippen LogP contribution is 1.65. The Hall–Kier alpha value is -0.0800. The van der Waals surface area contributed by atoms with Gasteiger partial charge in [-0.15, -0.1) is 0 Å². The van der Waals surface area contributed by atoms with Crippen LogP contribution in [0.2, 0.25) is 0 Å². The molecule has 0 rings (SSSR count). The van der Waals surface area contributed by atoms with E-state index in [0.29, 0.717) is 0 Å². The molecule has 0 saturated heterocycles. The Balaban J connectivity index is 2.54. The maximum atomic E-state index is 4.96. The van der Waals surface area contributed by atoms with Crippen molar-refractivity contribution in [2.75, 3.05) is 7.11 Å². The summed E-state index contributed by atoms with van der Waals surface area (Å²) < 4.78 is 4.42. The molecule has 0 spiro atoms. The molecule has 31 valence electrons. The minimum Gasteiger partial charge on any atom is -0.367 e. The molecule has 2 nitrogen and oxygen atoms in total. The highest BCUT2D eigenvalue weighted by Gasteiger charge is 1.78. The van der Waals surface area contributed by atoms with Crippen molar-refractivity contribution in [3.8, 4) is 0 Å². The first-order valence-corrected chi connectivity index (χ1v) is 1.39. The van der Waals surface area contributed by atoms with E-state index in [1.165, 1.54) is 7.11 Å². The third kappa shape index (κ3) is 3.92. The number of rotatable bonds is 1. The third-order valence-electron chi connectivity index (χ3n) is 0.303. The summed E-state index contributed by atoms with van der Waals surface area (Å²) in [7, 11) is 1.51. The van der Waals surface area contributed by atoms with Gasteiger partial charge in [0.1, 0.15) is 6.23 Å². The van der Waals surface area contributed by atoms with Crippen molar-refractivity contribution >= 4 is 0 Å². The fraction of sp³-hybridized carbons (Fsp3) is 0.667. The third-order valence-corrected chi connectivity index (χ3v) is 0.303. The molecule has 0 heterocycles. The van der Waals surface area contributed by atoms with E-state index >= 15 is 0 Å². The van der Waals surface area contributed by atoms with Gasteiger partial charge in [0, 0.05) is 7.11 Å². The second kappa shape index (κ2) is 2.18. The predicted molar refractivity (Wildman–Crippen MR) is 20.3 cm³/mol. The highest BCUT2D eigenvalue weighted by atomic mass is 16.5. The molecule has 2 N–H and O–H groups in total. The molecular weight excluding hydrogens is 66.0 g/mol. The molecule has 1 unspecified atom stereocenters. The SMILES string of the molecule is [CH2]C(N)OC. The van der Waals surface area contributed by atoms with Gasteiger partial charge < -0.3 is 10.5 Å². The van der Waals surface area contributed by atoms with Crippen LogP contribution in [0.5, 0.6) is 0 Å². The summed E-state index contributed by atoms with van der Waals surface area (Å²) in [6.45, 7) is 3.31. The zero-order valence-electron chi connectivity index (χ0n) is 3.27. The van der Waals surface area contributed by atoms with E-state index in [4.69, 9.17) is 5.73 Å². The first kappa shape index (κ1) is 4.92. The van der Waals surface area contributed by atoms with Crippen molar-refractivity contribution in [1.82, 2.24) is 0 Å². The normalized spacial score (nSPS) is 15.0. The fourth-order valence-electron chi connectivity index (χ4n) is 0. The van der Waals surface area contributed by atoms with Crippen LogP contribution in [-0.4, -0.2) is 13.3 Å². The molecule has 1 atom stereocenters. The molecule has 0 aromatic heterocycles. The van der Waals surface area contributed by atoms with Gasteiger partial charge in [-0.2, -0.15) is 0 Å². The topological polar surface area (TPSA) is 35.2 Å². The summed E-state index contributed by atoms with van der Waals surface area (Å²) >= 11 is 0. The maximum Gasteiger partial charge on any atom is 0.105 e. The Morgan fingerprint density at radius 3 is 2.20 bits per heavy atom. The monoisotopic (exact) mass is 74.1 g/mol. The number of hydrogen-bond acceptors (Lipinski definition) is 2. The van der Waals surface area contributed by atoms with Crippen LogP contribution in [0, 0.1) is 6.92 Å². The van der Waals surface area contributed by atoms with Crippen molar-refractivity contribution in [2.45, 2.75) is 6.23 Å². The van der Waals surface area contributed by atoms with Gasteiger partial charge in [0.2, 0.25) is 0 Å².